The summed E-state index contributed by atoms with van der Waals surface area (Å²) in [4.78, 5) is 20.8. The van der Waals surface area contributed by atoms with Crippen LogP contribution in [0.15, 0.2) is 45.7 Å². The van der Waals surface area contributed by atoms with Crippen LogP contribution in [0.1, 0.15) is 16.5 Å². The summed E-state index contributed by atoms with van der Waals surface area (Å²) < 4.78 is 1.98. The van der Waals surface area contributed by atoms with Gasteiger partial charge in [-0.2, -0.15) is 0 Å². The number of thiophene rings is 1. The van der Waals surface area contributed by atoms with Gasteiger partial charge >= 0.3 is 0 Å². The maximum Gasteiger partial charge on any atom is 0.258 e. The molecule has 4 rings (SSSR count). The van der Waals surface area contributed by atoms with Crippen LogP contribution in [0.25, 0.3) is 10.9 Å². The summed E-state index contributed by atoms with van der Waals surface area (Å²) in [5.41, 5.74) is 0.439. The molecule has 0 bridgehead atoms. The molecule has 26 heavy (non-hydrogen) atoms. The maximum absolute atomic E-state index is 12.2. The first kappa shape index (κ1) is 17.3. The minimum atomic E-state index is -0.190. The highest BCUT2D eigenvalue weighted by atomic mass is 35.5. The topological polar surface area (TPSA) is 76.5 Å². The van der Waals surface area contributed by atoms with Crippen LogP contribution in [-0.2, 0) is 19.2 Å². The average molecular weight is 404 g/mol. The van der Waals surface area contributed by atoms with Gasteiger partial charge in [0.25, 0.3) is 5.56 Å². The van der Waals surface area contributed by atoms with Crippen molar-refractivity contribution >= 4 is 45.6 Å². The molecule has 0 amide bonds. The van der Waals surface area contributed by atoms with Gasteiger partial charge < -0.3 is 9.55 Å². The normalized spacial score (nSPS) is 11.3. The Hall–Kier alpha value is -2.16. The summed E-state index contributed by atoms with van der Waals surface area (Å²) in [7, 11) is 1.95. The molecule has 0 aliphatic rings. The molecule has 0 spiro atoms. The first-order chi connectivity index (χ1) is 12.6. The maximum atomic E-state index is 12.2. The number of benzene rings is 1. The lowest BCUT2D eigenvalue weighted by atomic mass is 10.2. The quantitative estimate of drug-likeness (QED) is 0.515. The number of H-pyrrole nitrogens is 1. The van der Waals surface area contributed by atoms with E-state index in [2.05, 4.69) is 31.6 Å². The smallest absolute Gasteiger partial charge is 0.258 e. The molecule has 0 radical (unpaired) electrons. The van der Waals surface area contributed by atoms with Crippen molar-refractivity contribution in [3.8, 4) is 0 Å². The van der Waals surface area contributed by atoms with E-state index in [1.807, 2.05) is 17.7 Å². The van der Waals surface area contributed by atoms with Crippen molar-refractivity contribution in [2.24, 2.45) is 7.05 Å². The predicted octanol–water partition coefficient (Wildman–Crippen LogP) is 3.65. The minimum Gasteiger partial charge on any atom is -0.309 e. The molecule has 6 nitrogen and oxygen atoms in total. The van der Waals surface area contributed by atoms with Crippen LogP contribution in [0.5, 0.6) is 0 Å². The zero-order valence-corrected chi connectivity index (χ0v) is 16.2. The van der Waals surface area contributed by atoms with Gasteiger partial charge in [-0.1, -0.05) is 29.4 Å². The molecule has 0 aliphatic heterocycles. The average Bonchev–Trinajstić information content (AvgIpc) is 3.25. The van der Waals surface area contributed by atoms with Crippen LogP contribution in [-0.4, -0.2) is 24.7 Å². The van der Waals surface area contributed by atoms with Crippen molar-refractivity contribution in [2.75, 3.05) is 0 Å². The molecule has 1 aromatic carbocycles. The van der Waals surface area contributed by atoms with E-state index >= 15 is 0 Å². The number of hydrogen-bond donors (Lipinski definition) is 1. The molecule has 0 atom stereocenters. The molecule has 0 unspecified atom stereocenters. The second-order valence-electron chi connectivity index (χ2n) is 5.68. The van der Waals surface area contributed by atoms with Gasteiger partial charge in [0.05, 0.1) is 16.7 Å². The fourth-order valence-corrected chi connectivity index (χ4v) is 4.23. The lowest BCUT2D eigenvalue weighted by molar-refractivity contribution is 0.750. The Morgan fingerprint density at radius 3 is 3.00 bits per heavy atom. The molecule has 3 heterocycles. The zero-order valence-electron chi connectivity index (χ0n) is 13.8. The van der Waals surface area contributed by atoms with Crippen LogP contribution in [0.2, 0.25) is 5.02 Å². The number of hydrogen-bond acceptors (Lipinski definition) is 6. The molecule has 0 saturated heterocycles. The van der Waals surface area contributed by atoms with Crippen LogP contribution < -0.4 is 5.56 Å². The van der Waals surface area contributed by atoms with Gasteiger partial charge in [0.15, 0.2) is 5.16 Å². The Morgan fingerprint density at radius 2 is 2.19 bits per heavy atom. The molecule has 4 aromatic rings. The Bertz CT molecular complexity index is 1120. The molecular formula is C17H14ClN5OS2. The SMILES string of the molecule is Cn1c(Cc2cccs2)nnc1SCc1nc2ccc(Cl)cc2c(=O)[nH]1. The van der Waals surface area contributed by atoms with Crippen molar-refractivity contribution in [1.29, 1.82) is 0 Å². The Kier molecular flexibility index (Phi) is 4.80. The summed E-state index contributed by atoms with van der Waals surface area (Å²) in [6, 6.07) is 9.22. The van der Waals surface area contributed by atoms with Gasteiger partial charge in [-0.25, -0.2) is 4.98 Å². The van der Waals surface area contributed by atoms with Gasteiger partial charge in [0.2, 0.25) is 0 Å². The Morgan fingerprint density at radius 1 is 1.31 bits per heavy atom. The molecule has 0 aliphatic carbocycles. The summed E-state index contributed by atoms with van der Waals surface area (Å²) in [6.07, 6.45) is 0.757. The molecule has 0 fully saturated rings. The summed E-state index contributed by atoms with van der Waals surface area (Å²) in [5.74, 6) is 2.00. The van der Waals surface area contributed by atoms with Gasteiger partial charge in [0.1, 0.15) is 11.6 Å². The highest BCUT2D eigenvalue weighted by Crippen LogP contribution is 2.22. The highest BCUT2D eigenvalue weighted by Gasteiger charge is 2.12. The second-order valence-corrected chi connectivity index (χ2v) is 8.09. The first-order valence-electron chi connectivity index (χ1n) is 7.82. The molecule has 0 saturated carbocycles. The molecule has 132 valence electrons. The van der Waals surface area contributed by atoms with Crippen molar-refractivity contribution in [3.63, 3.8) is 0 Å². The summed E-state index contributed by atoms with van der Waals surface area (Å²) >= 11 is 9.13. The van der Waals surface area contributed by atoms with Crippen molar-refractivity contribution < 1.29 is 0 Å². The molecule has 9 heteroatoms. The van der Waals surface area contributed by atoms with Crippen molar-refractivity contribution in [2.45, 2.75) is 17.3 Å². The number of rotatable bonds is 5. The number of halogens is 1. The fourth-order valence-electron chi connectivity index (χ4n) is 2.55. The van der Waals surface area contributed by atoms with Crippen molar-refractivity contribution in [3.05, 3.63) is 67.6 Å². The third-order valence-corrected chi connectivity index (χ3v) is 6.03. The number of aromatic nitrogens is 5. The fraction of sp³-hybridized carbons (Fsp3) is 0.176. The van der Waals surface area contributed by atoms with Crippen LogP contribution in [0.3, 0.4) is 0 Å². The largest absolute Gasteiger partial charge is 0.309 e. The second kappa shape index (κ2) is 7.22. The van der Waals surface area contributed by atoms with Crippen LogP contribution in [0.4, 0.5) is 0 Å². The van der Waals surface area contributed by atoms with Gasteiger partial charge in [-0.05, 0) is 29.6 Å². The van der Waals surface area contributed by atoms with Gasteiger partial charge in [-0.3, -0.25) is 4.79 Å². The van der Waals surface area contributed by atoms with E-state index < -0.39 is 0 Å². The highest BCUT2D eigenvalue weighted by molar-refractivity contribution is 7.98. The van der Waals surface area contributed by atoms with E-state index in [4.69, 9.17) is 11.6 Å². The predicted molar refractivity (Wildman–Crippen MR) is 105 cm³/mol. The number of nitrogens with one attached hydrogen (secondary N) is 1. The van der Waals surface area contributed by atoms with Crippen LogP contribution in [0, 0.1) is 0 Å². The third kappa shape index (κ3) is 3.53. The minimum absolute atomic E-state index is 0.190. The number of nitrogens with zero attached hydrogens (tertiary/aromatic N) is 4. The van der Waals surface area contributed by atoms with Crippen molar-refractivity contribution in [1.82, 2.24) is 24.7 Å². The molecular weight excluding hydrogens is 390 g/mol. The van der Waals surface area contributed by atoms with Gasteiger partial charge in [-0.15, -0.1) is 21.5 Å². The van der Waals surface area contributed by atoms with E-state index in [0.717, 1.165) is 17.4 Å². The van der Waals surface area contributed by atoms with Crippen LogP contribution >= 0.6 is 34.7 Å². The monoisotopic (exact) mass is 403 g/mol. The van der Waals surface area contributed by atoms with E-state index in [1.165, 1.54) is 16.6 Å². The first-order valence-corrected chi connectivity index (χ1v) is 10.1. The van der Waals surface area contributed by atoms with E-state index in [-0.39, 0.29) is 5.56 Å². The third-order valence-electron chi connectivity index (χ3n) is 3.89. The molecule has 3 aromatic heterocycles. The standard InChI is InChI=1S/C17H14ClN5OS2/c1-23-15(8-11-3-2-6-25-11)21-22-17(23)26-9-14-19-13-5-4-10(18)7-12(13)16(24)20-14/h2-7H,8-9H2,1H3,(H,19,20,24). The van der Waals surface area contributed by atoms with E-state index in [1.54, 1.807) is 29.5 Å². The summed E-state index contributed by atoms with van der Waals surface area (Å²) in [6.45, 7) is 0. The number of aromatic amines is 1. The Labute approximate surface area is 162 Å². The van der Waals surface area contributed by atoms with E-state index in [9.17, 15) is 4.79 Å². The van der Waals surface area contributed by atoms with Gasteiger partial charge in [0, 0.05) is 23.4 Å². The number of fused-ring (bicyclic) bond motifs is 1. The van der Waals surface area contributed by atoms with E-state index in [0.29, 0.717) is 27.5 Å². The lowest BCUT2D eigenvalue weighted by Gasteiger charge is -2.04. The Balaban J connectivity index is 1.52. The molecule has 1 N–H and O–H groups in total. The zero-order chi connectivity index (χ0) is 18.1. The lowest BCUT2D eigenvalue weighted by Crippen LogP contribution is -2.11. The number of thioether (sulfide) groups is 1. The summed E-state index contributed by atoms with van der Waals surface area (Å²) in [5, 5.41) is 12.4.